The van der Waals surface area contributed by atoms with Gasteiger partial charge in [-0.05, 0) is 17.7 Å². The van der Waals surface area contributed by atoms with Crippen LogP contribution in [0.25, 0.3) is 0 Å². The second-order valence-corrected chi connectivity index (χ2v) is 3.32. The van der Waals surface area contributed by atoms with Crippen LogP contribution in [0.5, 0.6) is 0 Å². The minimum absolute atomic E-state index is 0.113. The Morgan fingerprint density at radius 1 is 1.58 bits per heavy atom. The van der Waals surface area contributed by atoms with Crippen molar-refractivity contribution in [2.24, 2.45) is 5.73 Å². The van der Waals surface area contributed by atoms with Crippen LogP contribution in [-0.2, 0) is 6.42 Å². The molecule has 0 heterocycles. The molecule has 0 aliphatic carbocycles. The van der Waals surface area contributed by atoms with E-state index in [9.17, 15) is 4.39 Å². The van der Waals surface area contributed by atoms with E-state index in [1.807, 2.05) is 0 Å². The van der Waals surface area contributed by atoms with Crippen LogP contribution < -0.4 is 5.73 Å². The van der Waals surface area contributed by atoms with Crippen LogP contribution in [0.4, 0.5) is 4.39 Å². The van der Waals surface area contributed by atoms with E-state index in [2.05, 4.69) is 12.2 Å². The lowest BCUT2D eigenvalue weighted by atomic mass is 10.1. The fourth-order valence-electron chi connectivity index (χ4n) is 0.851. The van der Waals surface area contributed by atoms with E-state index in [0.29, 0.717) is 11.4 Å². The average molecular weight is 204 g/mol. The van der Waals surface area contributed by atoms with Gasteiger partial charge in [-0.15, -0.1) is 0 Å². The summed E-state index contributed by atoms with van der Waals surface area (Å²) in [5.74, 6) is -0.439. The van der Waals surface area contributed by atoms with E-state index >= 15 is 0 Å². The molecule has 0 aliphatic heterocycles. The minimum atomic E-state index is -0.439. The molecule has 1 aromatic carbocycles. The number of nitrogens with two attached hydrogens (primary N) is 1. The molecule has 0 fully saturated rings. The van der Waals surface area contributed by atoms with Gasteiger partial charge >= 0.3 is 0 Å². The third-order valence-corrected chi connectivity index (χ3v) is 1.81. The Morgan fingerprint density at radius 3 is 2.75 bits per heavy atom. The SMILES string of the molecule is NC(=S)Cc1ccc(Cl)c(F)c1. The minimum Gasteiger partial charge on any atom is -0.393 e. The molecule has 0 aromatic heterocycles. The molecule has 0 saturated heterocycles. The highest BCUT2D eigenvalue weighted by molar-refractivity contribution is 7.80. The molecule has 64 valence electrons. The van der Waals surface area contributed by atoms with E-state index in [1.165, 1.54) is 12.1 Å². The van der Waals surface area contributed by atoms with Crippen molar-refractivity contribution in [3.8, 4) is 0 Å². The lowest BCUT2D eigenvalue weighted by Gasteiger charge is -1.99. The lowest BCUT2D eigenvalue weighted by Crippen LogP contribution is -2.11. The molecule has 1 aromatic rings. The van der Waals surface area contributed by atoms with Crippen molar-refractivity contribution in [1.29, 1.82) is 0 Å². The zero-order valence-corrected chi connectivity index (χ0v) is 7.75. The predicted molar refractivity (Wildman–Crippen MR) is 51.9 cm³/mol. The molecule has 4 heteroatoms. The van der Waals surface area contributed by atoms with Gasteiger partial charge in [-0.3, -0.25) is 0 Å². The number of hydrogen-bond acceptors (Lipinski definition) is 1. The number of hydrogen-bond donors (Lipinski definition) is 1. The Morgan fingerprint density at radius 2 is 2.25 bits per heavy atom. The summed E-state index contributed by atoms with van der Waals surface area (Å²) in [6, 6.07) is 4.52. The molecular formula is C8H7ClFNS. The molecule has 0 bridgehead atoms. The normalized spacial score (nSPS) is 9.83. The van der Waals surface area contributed by atoms with E-state index in [4.69, 9.17) is 17.3 Å². The third-order valence-electron chi connectivity index (χ3n) is 1.36. The Bertz CT molecular complexity index is 314. The second-order valence-electron chi connectivity index (χ2n) is 2.39. The highest BCUT2D eigenvalue weighted by atomic mass is 35.5. The van der Waals surface area contributed by atoms with Gasteiger partial charge in [-0.1, -0.05) is 29.9 Å². The molecule has 0 spiro atoms. The summed E-state index contributed by atoms with van der Waals surface area (Å²) >= 11 is 10.2. The van der Waals surface area contributed by atoms with E-state index in [0.717, 1.165) is 5.56 Å². The summed E-state index contributed by atoms with van der Waals surface area (Å²) in [4.78, 5) is 0.344. The fraction of sp³-hybridized carbons (Fsp3) is 0.125. The summed E-state index contributed by atoms with van der Waals surface area (Å²) in [7, 11) is 0. The van der Waals surface area contributed by atoms with Gasteiger partial charge in [0.1, 0.15) is 5.82 Å². The van der Waals surface area contributed by atoms with Crippen LogP contribution in [0.3, 0.4) is 0 Å². The molecule has 0 amide bonds. The number of thiocarbonyl (C=S) groups is 1. The van der Waals surface area contributed by atoms with Crippen LogP contribution in [0, 0.1) is 5.82 Å². The van der Waals surface area contributed by atoms with Gasteiger partial charge in [-0.2, -0.15) is 0 Å². The molecule has 12 heavy (non-hydrogen) atoms. The van der Waals surface area contributed by atoms with Gasteiger partial charge in [0.15, 0.2) is 0 Å². The van der Waals surface area contributed by atoms with Gasteiger partial charge in [0.05, 0.1) is 10.0 Å². The van der Waals surface area contributed by atoms with Crippen LogP contribution >= 0.6 is 23.8 Å². The lowest BCUT2D eigenvalue weighted by molar-refractivity contribution is 0.627. The number of benzene rings is 1. The van der Waals surface area contributed by atoms with Gasteiger partial charge in [0.25, 0.3) is 0 Å². The summed E-state index contributed by atoms with van der Waals surface area (Å²) in [6.45, 7) is 0. The van der Waals surface area contributed by atoms with E-state index in [1.54, 1.807) is 6.07 Å². The molecule has 2 N–H and O–H groups in total. The van der Waals surface area contributed by atoms with Crippen molar-refractivity contribution >= 4 is 28.8 Å². The summed E-state index contributed by atoms with van der Waals surface area (Å²) in [6.07, 6.45) is 0.406. The van der Waals surface area contributed by atoms with Crippen LogP contribution in [0.2, 0.25) is 5.02 Å². The maximum absolute atomic E-state index is 12.8. The maximum atomic E-state index is 12.8. The predicted octanol–water partition coefficient (Wildman–Crippen LogP) is 2.31. The largest absolute Gasteiger partial charge is 0.393 e. The Labute approximate surface area is 80.3 Å². The third kappa shape index (κ3) is 2.43. The van der Waals surface area contributed by atoms with Gasteiger partial charge < -0.3 is 5.73 Å². The number of halogens is 2. The molecule has 1 nitrogen and oxygen atoms in total. The van der Waals surface area contributed by atoms with Crippen molar-refractivity contribution in [2.75, 3.05) is 0 Å². The summed E-state index contributed by atoms with van der Waals surface area (Å²) < 4.78 is 12.8. The quantitative estimate of drug-likeness (QED) is 0.747. The molecular weight excluding hydrogens is 197 g/mol. The van der Waals surface area contributed by atoms with Crippen molar-refractivity contribution in [3.05, 3.63) is 34.6 Å². The molecule has 0 radical (unpaired) electrons. The zero-order valence-electron chi connectivity index (χ0n) is 6.18. The fourth-order valence-corrected chi connectivity index (χ4v) is 1.13. The average Bonchev–Trinajstić information content (AvgIpc) is 1.96. The first-order valence-electron chi connectivity index (χ1n) is 3.32. The number of rotatable bonds is 2. The highest BCUT2D eigenvalue weighted by Gasteiger charge is 2.01. The van der Waals surface area contributed by atoms with Crippen molar-refractivity contribution in [3.63, 3.8) is 0 Å². The van der Waals surface area contributed by atoms with Gasteiger partial charge in [-0.25, -0.2) is 4.39 Å². The zero-order chi connectivity index (χ0) is 9.14. The maximum Gasteiger partial charge on any atom is 0.142 e. The molecule has 0 saturated carbocycles. The summed E-state index contributed by atoms with van der Waals surface area (Å²) in [5.41, 5.74) is 6.03. The van der Waals surface area contributed by atoms with Gasteiger partial charge in [0, 0.05) is 6.42 Å². The first kappa shape index (κ1) is 9.42. The standard InChI is InChI=1S/C8H7ClFNS/c9-6-2-1-5(3-7(6)10)4-8(11)12/h1-3H,4H2,(H2,11,12). The Hall–Kier alpha value is -0.670. The Kier molecular flexibility index (Phi) is 3.00. The Balaban J connectivity index is 2.89. The first-order valence-corrected chi connectivity index (χ1v) is 4.10. The van der Waals surface area contributed by atoms with Gasteiger partial charge in [0.2, 0.25) is 0 Å². The second kappa shape index (κ2) is 3.83. The van der Waals surface area contributed by atoms with Crippen LogP contribution in [0.15, 0.2) is 18.2 Å². The molecule has 0 atom stereocenters. The topological polar surface area (TPSA) is 26.0 Å². The van der Waals surface area contributed by atoms with Crippen molar-refractivity contribution in [1.82, 2.24) is 0 Å². The van der Waals surface area contributed by atoms with Crippen molar-refractivity contribution in [2.45, 2.75) is 6.42 Å². The van der Waals surface area contributed by atoms with E-state index in [-0.39, 0.29) is 5.02 Å². The van der Waals surface area contributed by atoms with Crippen molar-refractivity contribution < 1.29 is 4.39 Å². The van der Waals surface area contributed by atoms with Crippen LogP contribution in [-0.4, -0.2) is 4.99 Å². The monoisotopic (exact) mass is 203 g/mol. The first-order chi connectivity index (χ1) is 5.59. The summed E-state index contributed by atoms with van der Waals surface area (Å²) in [5, 5.41) is 0.113. The molecule has 0 aliphatic rings. The smallest absolute Gasteiger partial charge is 0.142 e. The molecule has 1 rings (SSSR count). The van der Waals surface area contributed by atoms with E-state index < -0.39 is 5.82 Å². The molecule has 0 unspecified atom stereocenters. The highest BCUT2D eigenvalue weighted by Crippen LogP contribution is 2.15. The van der Waals surface area contributed by atoms with Crippen LogP contribution in [0.1, 0.15) is 5.56 Å².